The molecule has 0 N–H and O–H groups in total. The van der Waals surface area contributed by atoms with E-state index in [0.29, 0.717) is 0 Å². The minimum Gasteiger partial charge on any atom is -0.0926 e. The Balaban J connectivity index is 2.56. The second-order valence-electron chi connectivity index (χ2n) is 6.28. The SMILES string of the molecule is CCC(C)CB(CC(C)CC)C1C=CCCC1. The van der Waals surface area contributed by atoms with Crippen molar-refractivity contribution >= 4 is 6.71 Å². The lowest BCUT2D eigenvalue weighted by Crippen LogP contribution is -2.25. The van der Waals surface area contributed by atoms with E-state index in [9.17, 15) is 0 Å². The molecule has 0 radical (unpaired) electrons. The van der Waals surface area contributed by atoms with Gasteiger partial charge in [-0.05, 0) is 18.7 Å². The molecule has 0 aromatic heterocycles. The first-order valence-electron chi connectivity index (χ1n) is 7.83. The van der Waals surface area contributed by atoms with Gasteiger partial charge in [-0.1, -0.05) is 83.6 Å². The van der Waals surface area contributed by atoms with E-state index in [2.05, 4.69) is 39.8 Å². The number of allylic oxidation sites excluding steroid dienone is 2. The molecule has 1 aliphatic carbocycles. The standard InChI is InChI=1S/C16H31B/c1-5-14(3)12-17(13-15(4)6-2)16-10-8-7-9-11-16/h8,10,14-16H,5-7,9,11-13H2,1-4H3. The second kappa shape index (κ2) is 8.00. The van der Waals surface area contributed by atoms with Crippen LogP contribution in [0.5, 0.6) is 0 Å². The topological polar surface area (TPSA) is 0 Å². The third-order valence-electron chi connectivity index (χ3n) is 4.70. The smallest absolute Gasteiger partial charge is 0.0926 e. The molecular weight excluding hydrogens is 203 g/mol. The van der Waals surface area contributed by atoms with Crippen LogP contribution in [0.3, 0.4) is 0 Å². The Kier molecular flexibility index (Phi) is 7.00. The van der Waals surface area contributed by atoms with Crippen LogP contribution in [-0.4, -0.2) is 6.71 Å². The number of hydrogen-bond donors (Lipinski definition) is 0. The van der Waals surface area contributed by atoms with Crippen LogP contribution in [0, 0.1) is 11.8 Å². The average Bonchev–Trinajstić information content (AvgIpc) is 2.38. The Morgan fingerprint density at radius 3 is 2.12 bits per heavy atom. The van der Waals surface area contributed by atoms with Crippen molar-refractivity contribution < 1.29 is 0 Å². The maximum Gasteiger partial charge on any atom is 0.147 e. The molecule has 3 atom stereocenters. The Hall–Kier alpha value is -0.195. The van der Waals surface area contributed by atoms with Crippen LogP contribution in [0.2, 0.25) is 18.5 Å². The van der Waals surface area contributed by atoms with Gasteiger partial charge in [0, 0.05) is 0 Å². The predicted octanol–water partition coefficient (Wildman–Crippen LogP) is 5.68. The van der Waals surface area contributed by atoms with E-state index in [1.54, 1.807) is 0 Å². The fraction of sp³-hybridized carbons (Fsp3) is 0.875. The van der Waals surface area contributed by atoms with Gasteiger partial charge >= 0.3 is 0 Å². The van der Waals surface area contributed by atoms with Crippen molar-refractivity contribution in [2.75, 3.05) is 0 Å². The summed E-state index contributed by atoms with van der Waals surface area (Å²) in [4.78, 5) is 0. The molecule has 0 saturated carbocycles. The lowest BCUT2D eigenvalue weighted by atomic mass is 9.33. The van der Waals surface area contributed by atoms with Crippen LogP contribution >= 0.6 is 0 Å². The van der Waals surface area contributed by atoms with Crippen molar-refractivity contribution in [2.45, 2.75) is 78.3 Å². The van der Waals surface area contributed by atoms with Crippen LogP contribution in [0.25, 0.3) is 0 Å². The van der Waals surface area contributed by atoms with E-state index in [1.807, 2.05) is 0 Å². The molecule has 0 aromatic carbocycles. The van der Waals surface area contributed by atoms with Gasteiger partial charge in [-0.2, -0.15) is 0 Å². The van der Waals surface area contributed by atoms with Crippen LogP contribution in [0.1, 0.15) is 59.8 Å². The zero-order valence-corrected chi connectivity index (χ0v) is 12.4. The van der Waals surface area contributed by atoms with Crippen molar-refractivity contribution in [1.29, 1.82) is 0 Å². The molecule has 0 amide bonds. The summed E-state index contributed by atoms with van der Waals surface area (Å²) in [6, 6.07) is 0. The highest BCUT2D eigenvalue weighted by Gasteiger charge is 2.26. The fourth-order valence-electron chi connectivity index (χ4n) is 3.04. The fourth-order valence-corrected chi connectivity index (χ4v) is 3.04. The molecule has 0 saturated heterocycles. The summed E-state index contributed by atoms with van der Waals surface area (Å²) in [6.45, 7) is 10.5. The van der Waals surface area contributed by atoms with Gasteiger partial charge in [0.2, 0.25) is 0 Å². The molecule has 0 aliphatic heterocycles. The Morgan fingerprint density at radius 1 is 1.12 bits per heavy atom. The molecule has 1 heteroatoms. The maximum atomic E-state index is 2.53. The second-order valence-corrected chi connectivity index (χ2v) is 6.28. The van der Waals surface area contributed by atoms with Crippen molar-refractivity contribution in [3.05, 3.63) is 12.2 Å². The largest absolute Gasteiger partial charge is 0.147 e. The normalized spacial score (nSPS) is 23.4. The molecule has 0 heterocycles. The quantitative estimate of drug-likeness (QED) is 0.392. The molecule has 0 fully saturated rings. The molecule has 0 spiro atoms. The summed E-state index contributed by atoms with van der Waals surface area (Å²) in [5, 5.41) is 0. The van der Waals surface area contributed by atoms with Gasteiger partial charge in [-0.15, -0.1) is 0 Å². The van der Waals surface area contributed by atoms with Gasteiger partial charge in [-0.3, -0.25) is 0 Å². The zero-order valence-electron chi connectivity index (χ0n) is 12.4. The van der Waals surface area contributed by atoms with Crippen LogP contribution in [0.15, 0.2) is 12.2 Å². The van der Waals surface area contributed by atoms with Crippen molar-refractivity contribution in [3.8, 4) is 0 Å². The Labute approximate surface area is 109 Å². The minimum absolute atomic E-state index is 0.881. The summed E-state index contributed by atoms with van der Waals surface area (Å²) >= 11 is 0. The number of hydrogen-bond acceptors (Lipinski definition) is 0. The maximum absolute atomic E-state index is 2.53. The molecule has 1 rings (SSSR count). The van der Waals surface area contributed by atoms with E-state index < -0.39 is 0 Å². The van der Waals surface area contributed by atoms with Crippen molar-refractivity contribution in [1.82, 2.24) is 0 Å². The molecule has 0 bridgehead atoms. The molecule has 0 nitrogen and oxygen atoms in total. The monoisotopic (exact) mass is 234 g/mol. The Bertz CT molecular complexity index is 210. The third kappa shape index (κ3) is 5.32. The molecule has 1 aliphatic rings. The van der Waals surface area contributed by atoms with Gasteiger partial charge in [0.25, 0.3) is 0 Å². The van der Waals surface area contributed by atoms with Gasteiger partial charge in [-0.25, -0.2) is 0 Å². The lowest BCUT2D eigenvalue weighted by Gasteiger charge is -2.28. The van der Waals surface area contributed by atoms with E-state index in [-0.39, 0.29) is 0 Å². The van der Waals surface area contributed by atoms with Gasteiger partial charge in [0.1, 0.15) is 6.71 Å². The van der Waals surface area contributed by atoms with Crippen LogP contribution < -0.4 is 0 Å². The number of rotatable bonds is 7. The van der Waals surface area contributed by atoms with Crippen LogP contribution in [0.4, 0.5) is 0 Å². The van der Waals surface area contributed by atoms with E-state index in [1.165, 1.54) is 44.7 Å². The van der Waals surface area contributed by atoms with E-state index in [0.717, 1.165) is 24.4 Å². The summed E-state index contributed by atoms with van der Waals surface area (Å²) < 4.78 is 0. The van der Waals surface area contributed by atoms with E-state index >= 15 is 0 Å². The first kappa shape index (κ1) is 14.9. The highest BCUT2D eigenvalue weighted by molar-refractivity contribution is 6.61. The molecule has 98 valence electrons. The van der Waals surface area contributed by atoms with Gasteiger partial charge in [0.15, 0.2) is 0 Å². The average molecular weight is 234 g/mol. The van der Waals surface area contributed by atoms with Crippen molar-refractivity contribution in [2.24, 2.45) is 11.8 Å². The zero-order chi connectivity index (χ0) is 12.7. The lowest BCUT2D eigenvalue weighted by molar-refractivity contribution is 0.579. The van der Waals surface area contributed by atoms with Crippen molar-refractivity contribution in [3.63, 3.8) is 0 Å². The van der Waals surface area contributed by atoms with Gasteiger partial charge in [0.05, 0.1) is 0 Å². The summed E-state index contributed by atoms with van der Waals surface area (Å²) in [5.41, 5.74) is 0. The summed E-state index contributed by atoms with van der Waals surface area (Å²) in [5.74, 6) is 2.69. The molecule has 0 aromatic rings. The summed E-state index contributed by atoms with van der Waals surface area (Å²) in [6.07, 6.45) is 14.7. The first-order valence-corrected chi connectivity index (χ1v) is 7.83. The van der Waals surface area contributed by atoms with E-state index in [4.69, 9.17) is 0 Å². The molecule has 3 unspecified atom stereocenters. The van der Waals surface area contributed by atoms with Crippen LogP contribution in [-0.2, 0) is 0 Å². The predicted molar refractivity (Wildman–Crippen MR) is 81.0 cm³/mol. The Morgan fingerprint density at radius 2 is 1.71 bits per heavy atom. The minimum atomic E-state index is 0.881. The highest BCUT2D eigenvalue weighted by Crippen LogP contribution is 2.33. The van der Waals surface area contributed by atoms with Gasteiger partial charge < -0.3 is 0 Å². The molecular formula is C16H31B. The molecule has 17 heavy (non-hydrogen) atoms. The summed E-state index contributed by atoms with van der Waals surface area (Å²) in [7, 11) is 0. The third-order valence-corrected chi connectivity index (χ3v) is 4.70. The first-order chi connectivity index (χ1) is 8.17. The highest BCUT2D eigenvalue weighted by atomic mass is 14.1.